The molecule has 6 heteroatoms. The molecule has 0 heterocycles. The number of ether oxygens (including phenoxy) is 4. The van der Waals surface area contributed by atoms with E-state index in [0.717, 1.165) is 6.42 Å². The second-order valence-corrected chi connectivity index (χ2v) is 4.05. The summed E-state index contributed by atoms with van der Waals surface area (Å²) in [6, 6.07) is 4.85. The zero-order valence-corrected chi connectivity index (χ0v) is 11.9. The van der Waals surface area contributed by atoms with Crippen LogP contribution in [0.25, 0.3) is 0 Å². The molecule has 0 spiro atoms. The third-order valence-electron chi connectivity index (χ3n) is 2.58. The van der Waals surface area contributed by atoms with E-state index >= 15 is 0 Å². The van der Waals surface area contributed by atoms with Crippen molar-refractivity contribution in [2.75, 3.05) is 46.4 Å². The summed E-state index contributed by atoms with van der Waals surface area (Å²) < 4.78 is 20.3. The Labute approximate surface area is 118 Å². The van der Waals surface area contributed by atoms with E-state index in [0.29, 0.717) is 36.8 Å². The fourth-order valence-corrected chi connectivity index (χ4v) is 1.52. The first-order valence-electron chi connectivity index (χ1n) is 6.36. The van der Waals surface area contributed by atoms with Crippen molar-refractivity contribution < 1.29 is 23.7 Å². The van der Waals surface area contributed by atoms with E-state index in [4.69, 9.17) is 24.7 Å². The molecule has 0 bridgehead atoms. The molecule has 0 saturated carbocycles. The van der Waals surface area contributed by atoms with Crippen LogP contribution in [0.5, 0.6) is 5.75 Å². The predicted molar refractivity (Wildman–Crippen MR) is 75.0 cm³/mol. The largest absolute Gasteiger partial charge is 0.497 e. The van der Waals surface area contributed by atoms with E-state index in [-0.39, 0.29) is 6.61 Å². The van der Waals surface area contributed by atoms with Crippen LogP contribution in [0.1, 0.15) is 16.8 Å². The Morgan fingerprint density at radius 1 is 1.15 bits per heavy atom. The van der Waals surface area contributed by atoms with Gasteiger partial charge in [0.2, 0.25) is 0 Å². The second-order valence-electron chi connectivity index (χ2n) is 4.05. The van der Waals surface area contributed by atoms with Gasteiger partial charge in [-0.15, -0.1) is 0 Å². The minimum Gasteiger partial charge on any atom is -0.497 e. The molecule has 0 aromatic heterocycles. The molecule has 1 rings (SSSR count). The van der Waals surface area contributed by atoms with Crippen molar-refractivity contribution >= 4 is 11.7 Å². The van der Waals surface area contributed by atoms with Gasteiger partial charge in [-0.2, -0.15) is 0 Å². The summed E-state index contributed by atoms with van der Waals surface area (Å²) in [4.78, 5) is 11.8. The summed E-state index contributed by atoms with van der Waals surface area (Å²) in [6.45, 7) is 1.76. The molecular formula is C14H21NO5. The Morgan fingerprint density at radius 3 is 2.65 bits per heavy atom. The summed E-state index contributed by atoms with van der Waals surface area (Å²) in [6.07, 6.45) is 0.813. The Balaban J connectivity index is 2.32. The van der Waals surface area contributed by atoms with Gasteiger partial charge in [0, 0.05) is 26.0 Å². The normalized spacial score (nSPS) is 10.3. The topological polar surface area (TPSA) is 80.0 Å². The molecule has 2 N–H and O–H groups in total. The highest BCUT2D eigenvalue weighted by Gasteiger charge is 2.12. The number of hydrogen-bond acceptors (Lipinski definition) is 6. The van der Waals surface area contributed by atoms with Gasteiger partial charge in [0.1, 0.15) is 12.4 Å². The third kappa shape index (κ3) is 5.46. The van der Waals surface area contributed by atoms with Crippen LogP contribution in [0.3, 0.4) is 0 Å². The van der Waals surface area contributed by atoms with Crippen molar-refractivity contribution in [2.45, 2.75) is 6.42 Å². The Bertz CT molecular complexity index is 422. The van der Waals surface area contributed by atoms with Gasteiger partial charge in [0.15, 0.2) is 0 Å². The highest BCUT2D eigenvalue weighted by atomic mass is 16.6. The summed E-state index contributed by atoms with van der Waals surface area (Å²) >= 11 is 0. The van der Waals surface area contributed by atoms with Gasteiger partial charge < -0.3 is 24.7 Å². The van der Waals surface area contributed by atoms with Crippen LogP contribution in [0, 0.1) is 0 Å². The van der Waals surface area contributed by atoms with Crippen molar-refractivity contribution in [3.8, 4) is 5.75 Å². The number of esters is 1. The highest BCUT2D eigenvalue weighted by molar-refractivity contribution is 5.95. The molecule has 112 valence electrons. The molecule has 0 aliphatic rings. The Hall–Kier alpha value is -1.79. The van der Waals surface area contributed by atoms with E-state index < -0.39 is 5.97 Å². The maximum atomic E-state index is 11.8. The lowest BCUT2D eigenvalue weighted by Gasteiger charge is -2.09. The van der Waals surface area contributed by atoms with E-state index in [2.05, 4.69) is 0 Å². The molecule has 1 aromatic rings. The summed E-state index contributed by atoms with van der Waals surface area (Å²) in [5.41, 5.74) is 6.38. The number of nitrogens with two attached hydrogens (primary N) is 1. The van der Waals surface area contributed by atoms with Crippen molar-refractivity contribution in [1.29, 1.82) is 0 Å². The van der Waals surface area contributed by atoms with Gasteiger partial charge in [-0.05, 0) is 24.6 Å². The van der Waals surface area contributed by atoms with Crippen molar-refractivity contribution in [3.63, 3.8) is 0 Å². The zero-order chi connectivity index (χ0) is 14.8. The average Bonchev–Trinajstić information content (AvgIpc) is 2.46. The summed E-state index contributed by atoms with van der Waals surface area (Å²) in [5, 5.41) is 0. The first kappa shape index (κ1) is 16.3. The maximum Gasteiger partial charge on any atom is 0.340 e. The fraction of sp³-hybridized carbons (Fsp3) is 0.500. The average molecular weight is 283 g/mol. The number of methoxy groups -OCH3 is 2. The Kier molecular flexibility index (Phi) is 7.46. The predicted octanol–water partition coefficient (Wildman–Crippen LogP) is 1.49. The van der Waals surface area contributed by atoms with E-state index in [1.807, 2.05) is 0 Å². The molecule has 0 atom stereocenters. The number of nitrogen functional groups attached to an aromatic ring is 1. The van der Waals surface area contributed by atoms with Crippen LogP contribution in [-0.4, -0.2) is 46.6 Å². The zero-order valence-electron chi connectivity index (χ0n) is 11.9. The third-order valence-corrected chi connectivity index (χ3v) is 2.58. The highest BCUT2D eigenvalue weighted by Crippen LogP contribution is 2.20. The summed E-state index contributed by atoms with van der Waals surface area (Å²) in [5.74, 6) is 0.0730. The molecule has 0 radical (unpaired) electrons. The lowest BCUT2D eigenvalue weighted by atomic mass is 10.2. The quantitative estimate of drug-likeness (QED) is 0.420. The maximum absolute atomic E-state index is 11.8. The van der Waals surface area contributed by atoms with Crippen LogP contribution in [0.2, 0.25) is 0 Å². The second kappa shape index (κ2) is 9.17. The molecule has 0 aliphatic heterocycles. The molecule has 6 nitrogen and oxygen atoms in total. The SMILES string of the molecule is COCCCOCCOC(=O)c1cc(OC)ccc1N. The molecule has 0 amide bonds. The van der Waals surface area contributed by atoms with Gasteiger partial charge in [-0.3, -0.25) is 0 Å². The minimum absolute atomic E-state index is 0.183. The first-order chi connectivity index (χ1) is 9.69. The molecule has 1 aromatic carbocycles. The lowest BCUT2D eigenvalue weighted by molar-refractivity contribution is 0.0289. The number of benzene rings is 1. The number of hydrogen-bond donors (Lipinski definition) is 1. The minimum atomic E-state index is -0.484. The molecule has 20 heavy (non-hydrogen) atoms. The fourth-order valence-electron chi connectivity index (χ4n) is 1.52. The van der Waals surface area contributed by atoms with Crippen LogP contribution >= 0.6 is 0 Å². The number of carbonyl (C=O) groups excluding carboxylic acids is 1. The van der Waals surface area contributed by atoms with Gasteiger partial charge in [0.25, 0.3) is 0 Å². The molecule has 0 aliphatic carbocycles. The first-order valence-corrected chi connectivity index (χ1v) is 6.36. The number of carbonyl (C=O) groups is 1. The molecule has 0 fully saturated rings. The lowest BCUT2D eigenvalue weighted by Crippen LogP contribution is -2.13. The Morgan fingerprint density at radius 2 is 1.95 bits per heavy atom. The standard InChI is InChI=1S/C14H21NO5/c1-17-6-3-7-19-8-9-20-14(16)12-10-11(18-2)4-5-13(12)15/h4-5,10H,3,6-9,15H2,1-2H3. The molecular weight excluding hydrogens is 262 g/mol. The number of anilines is 1. The van der Waals surface area contributed by atoms with Crippen LogP contribution in [0.4, 0.5) is 5.69 Å². The summed E-state index contributed by atoms with van der Waals surface area (Å²) in [7, 11) is 3.16. The van der Waals surface area contributed by atoms with Crippen molar-refractivity contribution in [3.05, 3.63) is 23.8 Å². The number of rotatable bonds is 9. The molecule has 0 saturated heterocycles. The van der Waals surface area contributed by atoms with Crippen LogP contribution in [0.15, 0.2) is 18.2 Å². The van der Waals surface area contributed by atoms with Crippen LogP contribution < -0.4 is 10.5 Å². The smallest absolute Gasteiger partial charge is 0.340 e. The monoisotopic (exact) mass is 283 g/mol. The van der Waals surface area contributed by atoms with Gasteiger partial charge in [0.05, 0.1) is 19.3 Å². The van der Waals surface area contributed by atoms with E-state index in [9.17, 15) is 4.79 Å². The van der Waals surface area contributed by atoms with Gasteiger partial charge >= 0.3 is 5.97 Å². The van der Waals surface area contributed by atoms with Crippen LogP contribution in [-0.2, 0) is 14.2 Å². The molecule has 0 unspecified atom stereocenters. The van der Waals surface area contributed by atoms with E-state index in [1.54, 1.807) is 25.3 Å². The van der Waals surface area contributed by atoms with Gasteiger partial charge in [-0.25, -0.2) is 4.79 Å². The van der Waals surface area contributed by atoms with Crippen molar-refractivity contribution in [1.82, 2.24) is 0 Å². The van der Waals surface area contributed by atoms with Crippen molar-refractivity contribution in [2.24, 2.45) is 0 Å². The van der Waals surface area contributed by atoms with E-state index in [1.165, 1.54) is 7.11 Å². The van der Waals surface area contributed by atoms with Gasteiger partial charge in [-0.1, -0.05) is 0 Å².